The molecule has 0 amide bonds. The van der Waals surface area contributed by atoms with E-state index < -0.39 is 4.92 Å². The van der Waals surface area contributed by atoms with Crippen LogP contribution in [0, 0.1) is 27.4 Å². The molecule has 1 N–H and O–H groups in total. The highest BCUT2D eigenvalue weighted by Gasteiger charge is 2.26. The van der Waals surface area contributed by atoms with Gasteiger partial charge in [-0.05, 0) is 25.2 Å². The molecule has 0 radical (unpaired) electrons. The highest BCUT2D eigenvalue weighted by Crippen LogP contribution is 2.30. The van der Waals surface area contributed by atoms with Crippen molar-refractivity contribution in [3.63, 3.8) is 0 Å². The lowest BCUT2D eigenvalue weighted by molar-refractivity contribution is -0.384. The van der Waals surface area contributed by atoms with Crippen molar-refractivity contribution in [3.8, 4) is 6.07 Å². The molecule has 2 rings (SSSR count). The van der Waals surface area contributed by atoms with Crippen molar-refractivity contribution in [1.82, 2.24) is 4.98 Å². The molecule has 0 spiro atoms. The zero-order chi connectivity index (χ0) is 14.5. The Morgan fingerprint density at radius 3 is 3.10 bits per heavy atom. The SMILES string of the molecule is N#Cc1cnc(N2CCCC(CCO)C2)c([N+](=O)[O-])c1. The Morgan fingerprint density at radius 1 is 1.65 bits per heavy atom. The van der Waals surface area contributed by atoms with Crippen molar-refractivity contribution in [1.29, 1.82) is 5.26 Å². The molecule has 1 aliphatic rings. The van der Waals surface area contributed by atoms with Gasteiger partial charge in [0.25, 0.3) is 0 Å². The van der Waals surface area contributed by atoms with Crippen LogP contribution >= 0.6 is 0 Å². The van der Waals surface area contributed by atoms with Gasteiger partial charge in [-0.3, -0.25) is 10.1 Å². The Bertz CT molecular complexity index is 539. The summed E-state index contributed by atoms with van der Waals surface area (Å²) < 4.78 is 0. The van der Waals surface area contributed by atoms with Gasteiger partial charge in [0.1, 0.15) is 6.07 Å². The first kappa shape index (κ1) is 14.2. The summed E-state index contributed by atoms with van der Waals surface area (Å²) in [6, 6.07) is 3.12. The second-order valence-corrected chi connectivity index (χ2v) is 4.90. The number of nitro groups is 1. The molecule has 0 saturated carbocycles. The normalized spacial score (nSPS) is 18.6. The maximum Gasteiger partial charge on any atom is 0.312 e. The summed E-state index contributed by atoms with van der Waals surface area (Å²) in [4.78, 5) is 16.6. The molecule has 106 valence electrons. The third-order valence-electron chi connectivity index (χ3n) is 3.53. The lowest BCUT2D eigenvalue weighted by atomic mass is 9.95. The number of hydrogen-bond acceptors (Lipinski definition) is 6. The summed E-state index contributed by atoms with van der Waals surface area (Å²) in [6.07, 6.45) is 3.99. The lowest BCUT2D eigenvalue weighted by Crippen LogP contribution is -2.36. The van der Waals surface area contributed by atoms with Gasteiger partial charge < -0.3 is 10.0 Å². The number of aromatic nitrogens is 1. The van der Waals surface area contributed by atoms with E-state index in [2.05, 4.69) is 4.98 Å². The molecular weight excluding hydrogens is 260 g/mol. The number of rotatable bonds is 4. The Hall–Kier alpha value is -2.20. The van der Waals surface area contributed by atoms with Crippen LogP contribution in [0.4, 0.5) is 11.5 Å². The summed E-state index contributed by atoms with van der Waals surface area (Å²) >= 11 is 0. The summed E-state index contributed by atoms with van der Waals surface area (Å²) in [7, 11) is 0. The predicted octanol–water partition coefficient (Wildman–Crippen LogP) is 1.46. The summed E-state index contributed by atoms with van der Waals surface area (Å²) in [5.41, 5.74) is 0.0538. The molecule has 1 unspecified atom stereocenters. The van der Waals surface area contributed by atoms with Gasteiger partial charge in [-0.2, -0.15) is 5.26 Å². The topological polar surface area (TPSA) is 103 Å². The van der Waals surface area contributed by atoms with Crippen molar-refractivity contribution < 1.29 is 10.0 Å². The highest BCUT2D eigenvalue weighted by molar-refractivity contribution is 5.60. The second-order valence-electron chi connectivity index (χ2n) is 4.90. The van der Waals surface area contributed by atoms with E-state index in [0.717, 1.165) is 12.8 Å². The van der Waals surface area contributed by atoms with Crippen LogP contribution in [0.2, 0.25) is 0 Å². The highest BCUT2D eigenvalue weighted by atomic mass is 16.6. The van der Waals surface area contributed by atoms with E-state index in [1.807, 2.05) is 11.0 Å². The summed E-state index contributed by atoms with van der Waals surface area (Å²) in [5, 5.41) is 28.9. The Labute approximate surface area is 116 Å². The minimum atomic E-state index is -0.501. The predicted molar refractivity (Wildman–Crippen MR) is 72.2 cm³/mol. The maximum absolute atomic E-state index is 11.1. The van der Waals surface area contributed by atoms with Crippen LogP contribution in [-0.2, 0) is 0 Å². The zero-order valence-electron chi connectivity index (χ0n) is 11.0. The first-order valence-electron chi connectivity index (χ1n) is 6.56. The summed E-state index contributed by atoms with van der Waals surface area (Å²) in [6.45, 7) is 1.49. The minimum Gasteiger partial charge on any atom is -0.396 e. The molecule has 1 aromatic rings. The monoisotopic (exact) mass is 276 g/mol. The Kier molecular flexibility index (Phi) is 4.48. The first-order valence-corrected chi connectivity index (χ1v) is 6.56. The van der Waals surface area contributed by atoms with Crippen molar-refractivity contribution in [2.75, 3.05) is 24.6 Å². The smallest absolute Gasteiger partial charge is 0.312 e. The van der Waals surface area contributed by atoms with Gasteiger partial charge in [0.2, 0.25) is 5.82 Å². The number of aliphatic hydroxyl groups excluding tert-OH is 1. The van der Waals surface area contributed by atoms with E-state index in [4.69, 9.17) is 10.4 Å². The number of nitrogens with zero attached hydrogens (tertiary/aromatic N) is 4. The lowest BCUT2D eigenvalue weighted by Gasteiger charge is -2.33. The van der Waals surface area contributed by atoms with Crippen LogP contribution < -0.4 is 4.90 Å². The van der Waals surface area contributed by atoms with Gasteiger partial charge in [0, 0.05) is 32.0 Å². The number of piperidine rings is 1. The fourth-order valence-electron chi connectivity index (χ4n) is 2.56. The van der Waals surface area contributed by atoms with Crippen LogP contribution in [0.1, 0.15) is 24.8 Å². The van der Waals surface area contributed by atoms with E-state index in [0.29, 0.717) is 31.2 Å². The molecule has 20 heavy (non-hydrogen) atoms. The molecule has 7 nitrogen and oxygen atoms in total. The fourth-order valence-corrected chi connectivity index (χ4v) is 2.56. The van der Waals surface area contributed by atoms with E-state index in [9.17, 15) is 10.1 Å². The van der Waals surface area contributed by atoms with Gasteiger partial charge in [-0.1, -0.05) is 0 Å². The number of nitriles is 1. The van der Waals surface area contributed by atoms with E-state index in [1.165, 1.54) is 12.3 Å². The van der Waals surface area contributed by atoms with Gasteiger partial charge in [-0.25, -0.2) is 4.98 Å². The van der Waals surface area contributed by atoms with Crippen LogP contribution in [-0.4, -0.2) is 34.7 Å². The van der Waals surface area contributed by atoms with Gasteiger partial charge in [-0.15, -0.1) is 0 Å². The van der Waals surface area contributed by atoms with Crippen LogP contribution in [0.5, 0.6) is 0 Å². The third kappa shape index (κ3) is 3.03. The van der Waals surface area contributed by atoms with Gasteiger partial charge >= 0.3 is 5.69 Å². The zero-order valence-corrected chi connectivity index (χ0v) is 11.0. The van der Waals surface area contributed by atoms with Crippen molar-refractivity contribution >= 4 is 11.5 Å². The standard InChI is InChI=1S/C13H16N4O3/c14-7-11-6-12(17(19)20)13(15-8-11)16-4-1-2-10(9-16)3-5-18/h6,8,10,18H,1-5,9H2. The third-order valence-corrected chi connectivity index (χ3v) is 3.53. The van der Waals surface area contributed by atoms with E-state index >= 15 is 0 Å². The van der Waals surface area contributed by atoms with Crippen molar-refractivity contribution in [3.05, 3.63) is 27.9 Å². The molecule has 7 heteroatoms. The number of hydrogen-bond donors (Lipinski definition) is 1. The maximum atomic E-state index is 11.1. The quantitative estimate of drug-likeness (QED) is 0.659. The molecule has 0 bridgehead atoms. The molecular formula is C13H16N4O3. The molecule has 0 aromatic carbocycles. The summed E-state index contributed by atoms with van der Waals surface area (Å²) in [5.74, 6) is 0.641. The number of aliphatic hydroxyl groups is 1. The Morgan fingerprint density at radius 2 is 2.45 bits per heavy atom. The van der Waals surface area contributed by atoms with Crippen molar-refractivity contribution in [2.24, 2.45) is 5.92 Å². The fraction of sp³-hybridized carbons (Fsp3) is 0.538. The molecule has 2 heterocycles. The van der Waals surface area contributed by atoms with E-state index in [-0.39, 0.29) is 17.9 Å². The molecule has 1 aliphatic heterocycles. The van der Waals surface area contributed by atoms with Crippen LogP contribution in [0.3, 0.4) is 0 Å². The second kappa shape index (κ2) is 6.30. The largest absolute Gasteiger partial charge is 0.396 e. The molecule has 1 saturated heterocycles. The number of anilines is 1. The molecule has 1 aromatic heterocycles. The van der Waals surface area contributed by atoms with Crippen LogP contribution in [0.15, 0.2) is 12.3 Å². The first-order chi connectivity index (χ1) is 9.65. The molecule has 1 fully saturated rings. The molecule has 0 aliphatic carbocycles. The van der Waals surface area contributed by atoms with Crippen LogP contribution in [0.25, 0.3) is 0 Å². The van der Waals surface area contributed by atoms with Crippen molar-refractivity contribution in [2.45, 2.75) is 19.3 Å². The van der Waals surface area contributed by atoms with Gasteiger partial charge in [0.05, 0.1) is 10.5 Å². The van der Waals surface area contributed by atoms with Gasteiger partial charge in [0.15, 0.2) is 0 Å². The Balaban J connectivity index is 2.27. The van der Waals surface area contributed by atoms with E-state index in [1.54, 1.807) is 0 Å². The molecule has 1 atom stereocenters. The average Bonchev–Trinajstić information content (AvgIpc) is 2.47. The average molecular weight is 276 g/mol. The number of pyridine rings is 1. The minimum absolute atomic E-state index is 0.126.